The lowest BCUT2D eigenvalue weighted by Crippen LogP contribution is -2.58. The van der Waals surface area contributed by atoms with E-state index in [-0.39, 0.29) is 0 Å². The Morgan fingerprint density at radius 3 is 1.78 bits per heavy atom. The number of imidazole rings is 1. The average Bonchev–Trinajstić information content (AvgIpc) is 2.85. The molecule has 0 aliphatic carbocycles. The van der Waals surface area contributed by atoms with Gasteiger partial charge in [0.2, 0.25) is 0 Å². The predicted octanol–water partition coefficient (Wildman–Crippen LogP) is 0.760. The van der Waals surface area contributed by atoms with E-state index in [0.717, 1.165) is 6.42 Å². The van der Waals surface area contributed by atoms with E-state index >= 15 is 0 Å². The highest BCUT2D eigenvalue weighted by Gasteiger charge is 1.99. The van der Waals surface area contributed by atoms with E-state index in [9.17, 15) is 0 Å². The lowest BCUT2D eigenvalue weighted by molar-refractivity contribution is -1.92. The summed E-state index contributed by atoms with van der Waals surface area (Å²) in [5.41, 5.74) is 0. The molecule has 0 saturated carbocycles. The maximum Gasteiger partial charge on any atom is 0.108 e. The molecule has 0 saturated heterocycles. The predicted molar refractivity (Wildman–Crippen MR) is 81.0 cm³/mol. The van der Waals surface area contributed by atoms with Crippen molar-refractivity contribution in [2.24, 2.45) is 7.05 Å². The summed E-state index contributed by atoms with van der Waals surface area (Å²) in [5.74, 6) is 1.23. The van der Waals surface area contributed by atoms with Gasteiger partial charge in [0.05, 0.1) is 14.9 Å². The van der Waals surface area contributed by atoms with Crippen LogP contribution in [-0.4, -0.2) is 14.2 Å². The number of rotatable bonds is 11. The van der Waals surface area contributed by atoms with Gasteiger partial charge in [-0.2, -0.15) is 14.0 Å². The molecule has 1 heterocycles. The number of hydrogen-bond acceptors (Lipinski definition) is 5. The second kappa shape index (κ2) is 13.7. The second-order valence-corrected chi connectivity index (χ2v) is 6.57. The molecule has 0 unspecified atom stereocenters. The van der Waals surface area contributed by atoms with Gasteiger partial charge < -0.3 is 4.57 Å². The Balaban J connectivity index is 0.000000841. The van der Waals surface area contributed by atoms with Crippen molar-refractivity contribution in [3.8, 4) is 0 Å². The number of aromatic nitrogens is 2. The monoisotopic (exact) mass is 350 g/mol. The summed E-state index contributed by atoms with van der Waals surface area (Å²) in [6.07, 6.45) is 19.1. The molecule has 1 N–H and O–H groups in total. The van der Waals surface area contributed by atoms with Crippen LogP contribution >= 0.6 is 0 Å². The van der Waals surface area contributed by atoms with Crippen molar-refractivity contribution in [2.75, 3.05) is 0 Å². The van der Waals surface area contributed by atoms with Gasteiger partial charge in [-0.25, -0.2) is 4.98 Å². The van der Waals surface area contributed by atoms with E-state index in [1.54, 1.807) is 0 Å². The van der Waals surface area contributed by atoms with Crippen LogP contribution in [0.3, 0.4) is 0 Å². The molecule has 1 aromatic rings. The van der Waals surface area contributed by atoms with E-state index < -0.39 is 10.2 Å². The molecule has 0 atom stereocenters. The van der Waals surface area contributed by atoms with Gasteiger partial charge >= 0.3 is 0 Å². The van der Waals surface area contributed by atoms with Crippen LogP contribution in [0.4, 0.5) is 0 Å². The molecule has 23 heavy (non-hydrogen) atoms. The number of unbranched alkanes of at least 4 members (excludes halogenated alkanes) is 9. The first kappa shape index (κ1) is 22.3. The van der Waals surface area contributed by atoms with Crippen molar-refractivity contribution in [1.29, 1.82) is 0 Å². The maximum atomic E-state index is 8.60. The fraction of sp³-hybridized carbons (Fsp3) is 0.812. The molecule has 0 spiro atoms. The molecule has 0 aliphatic heterocycles. The molecule has 1 aromatic heterocycles. The third kappa shape index (κ3) is 17.5. The lowest BCUT2D eigenvalue weighted by Gasteiger charge is -2.03. The minimum atomic E-state index is -4.69. The van der Waals surface area contributed by atoms with Crippen molar-refractivity contribution in [1.82, 2.24) is 9.55 Å². The molecule has 0 radical (unpaired) electrons. The summed E-state index contributed by atoms with van der Waals surface area (Å²) in [4.78, 5) is 4.35. The lowest BCUT2D eigenvalue weighted by atomic mass is 10.1. The van der Waals surface area contributed by atoms with Crippen molar-refractivity contribution >= 4 is 0 Å². The van der Waals surface area contributed by atoms with Crippen LogP contribution in [0, 0.1) is 10.2 Å². The Bertz CT molecular complexity index is 374. The zero-order chi connectivity index (χ0) is 17.6. The van der Waals surface area contributed by atoms with Gasteiger partial charge in [0.25, 0.3) is 0 Å². The van der Waals surface area contributed by atoms with Gasteiger partial charge in [-0.3, -0.25) is 0 Å². The molecule has 0 aromatic carbocycles. The summed E-state index contributed by atoms with van der Waals surface area (Å²) >= 11 is 0. The van der Waals surface area contributed by atoms with E-state index in [0.29, 0.717) is 0 Å². The van der Waals surface area contributed by atoms with Crippen LogP contribution in [0.5, 0.6) is 0 Å². The molecule has 0 aliphatic rings. The Hall–Kier alpha value is -0.660. The first-order chi connectivity index (χ1) is 10.8. The van der Waals surface area contributed by atoms with Crippen molar-refractivity contribution < 1.29 is 28.9 Å². The topological polar surface area (TPSA) is 107 Å². The highest BCUT2D eigenvalue weighted by atomic mass is 35.7. The number of halogens is 1. The highest BCUT2D eigenvalue weighted by Crippen LogP contribution is 2.11. The molecule has 1 rings (SSSR count). The van der Waals surface area contributed by atoms with Crippen LogP contribution < -0.4 is 14.0 Å². The standard InChI is InChI=1S/C16H30N2.ClHO4/c1-3-4-5-6-7-8-9-10-11-12-13-16-17-14-15-18(16)2;2-1(3,4)5/h14-15H,3-13H2,1-2H3;(H,2,3,4,5). The average molecular weight is 351 g/mol. The van der Waals surface area contributed by atoms with E-state index in [1.165, 1.54) is 70.0 Å². The first-order valence-electron chi connectivity index (χ1n) is 8.44. The summed E-state index contributed by atoms with van der Waals surface area (Å²) in [6.45, 7) is 2.28. The molecule has 7 heteroatoms. The third-order valence-corrected chi connectivity index (χ3v) is 3.67. The highest BCUT2D eigenvalue weighted by molar-refractivity contribution is 4.90. The van der Waals surface area contributed by atoms with E-state index in [2.05, 4.69) is 23.5 Å². The van der Waals surface area contributed by atoms with Crippen LogP contribution in [0.1, 0.15) is 77.0 Å². The number of hydrogen-bond donors (Lipinski definition) is 1. The summed E-state index contributed by atoms with van der Waals surface area (Å²) in [6, 6.07) is 0. The van der Waals surface area contributed by atoms with Gasteiger partial charge in [0.15, 0.2) is 0 Å². The molecule has 6 nitrogen and oxygen atoms in total. The van der Waals surface area contributed by atoms with Gasteiger partial charge in [0.1, 0.15) is 5.82 Å². The van der Waals surface area contributed by atoms with Crippen molar-refractivity contribution in [3.63, 3.8) is 0 Å². The van der Waals surface area contributed by atoms with Crippen molar-refractivity contribution in [3.05, 3.63) is 18.2 Å². The third-order valence-electron chi connectivity index (χ3n) is 3.67. The summed E-state index contributed by atoms with van der Waals surface area (Å²) in [7, 11) is -2.61. The van der Waals surface area contributed by atoms with E-state index in [4.69, 9.17) is 18.6 Å². The molecule has 0 amide bonds. The van der Waals surface area contributed by atoms with Crippen molar-refractivity contribution in [2.45, 2.75) is 77.6 Å². The SMILES string of the molecule is CCCCCCCCCCCCc1nccn1C.[O-][Cl+3]([O-])([O-])O. The molecule has 0 fully saturated rings. The van der Waals surface area contributed by atoms with Gasteiger partial charge in [0, 0.05) is 25.9 Å². The van der Waals surface area contributed by atoms with Gasteiger partial charge in [-0.15, -0.1) is 0 Å². The van der Waals surface area contributed by atoms with E-state index in [1.807, 2.05) is 12.4 Å². The summed E-state index contributed by atoms with van der Waals surface area (Å²) < 4.78 is 34.9. The minimum absolute atomic E-state index is 1.14. The largest absolute Gasteiger partial charge is 0.338 e. The zero-order valence-corrected chi connectivity index (χ0v) is 15.1. The quantitative estimate of drug-likeness (QED) is 0.593. The Kier molecular flexibility index (Phi) is 13.4. The van der Waals surface area contributed by atoms with Crippen LogP contribution in [0.15, 0.2) is 12.4 Å². The molecular weight excluding hydrogens is 320 g/mol. The summed E-state index contributed by atoms with van der Waals surface area (Å²) in [5, 5.41) is 0. The fourth-order valence-electron chi connectivity index (χ4n) is 2.41. The second-order valence-electron chi connectivity index (χ2n) is 5.78. The van der Waals surface area contributed by atoms with Gasteiger partial charge in [-0.05, 0) is 6.42 Å². The van der Waals surface area contributed by atoms with Crippen LogP contribution in [-0.2, 0) is 13.5 Å². The fourth-order valence-corrected chi connectivity index (χ4v) is 2.41. The Morgan fingerprint density at radius 2 is 1.39 bits per heavy atom. The normalized spacial score (nSPS) is 11.2. The molecular formula is C16H31ClN2O4. The Morgan fingerprint density at radius 1 is 0.957 bits per heavy atom. The van der Waals surface area contributed by atoms with Gasteiger partial charge in [-0.1, -0.05) is 64.7 Å². The molecule has 0 bridgehead atoms. The smallest absolute Gasteiger partial charge is 0.108 e. The molecule has 136 valence electrons. The van der Waals surface area contributed by atoms with Crippen LogP contribution in [0.2, 0.25) is 0 Å². The van der Waals surface area contributed by atoms with Crippen LogP contribution in [0.25, 0.3) is 0 Å². The Labute approximate surface area is 141 Å². The zero-order valence-electron chi connectivity index (χ0n) is 14.4. The number of aryl methyl sites for hydroxylation is 2. The first-order valence-corrected chi connectivity index (χ1v) is 9.70. The maximum absolute atomic E-state index is 8.60. The number of nitrogens with zero attached hydrogens (tertiary/aromatic N) is 2. The minimum Gasteiger partial charge on any atom is -0.338 e.